The molecule has 0 fully saturated rings. The van der Waals surface area contributed by atoms with E-state index in [1.807, 2.05) is 12.1 Å². The number of nitrogens with one attached hydrogen (secondary N) is 1. The van der Waals surface area contributed by atoms with Gasteiger partial charge in [0.25, 0.3) is 0 Å². The third kappa shape index (κ3) is 6.10. The maximum Gasteiger partial charge on any atom is 0.528 e. The lowest BCUT2D eigenvalue weighted by molar-refractivity contribution is -0.0316. The molecule has 0 atom stereocenters. The molecule has 0 saturated carbocycles. The van der Waals surface area contributed by atoms with Gasteiger partial charge >= 0.3 is 6.16 Å². The first-order chi connectivity index (χ1) is 8.37. The van der Waals surface area contributed by atoms with E-state index in [2.05, 4.69) is 5.48 Å². The number of phenolic OH excluding ortho intramolecular Hbond substituents is 1. The molecule has 1 aromatic rings. The van der Waals surface area contributed by atoms with Crippen molar-refractivity contribution in [2.75, 3.05) is 6.54 Å². The van der Waals surface area contributed by atoms with Crippen molar-refractivity contribution < 1.29 is 19.5 Å². The zero-order chi connectivity index (χ0) is 13.6. The van der Waals surface area contributed by atoms with Gasteiger partial charge in [-0.15, -0.1) is 5.48 Å². The van der Waals surface area contributed by atoms with Gasteiger partial charge in [0.1, 0.15) is 11.4 Å². The van der Waals surface area contributed by atoms with Gasteiger partial charge in [0, 0.05) is 6.54 Å². The predicted octanol–water partition coefficient (Wildman–Crippen LogP) is 2.39. The smallest absolute Gasteiger partial charge is 0.508 e. The van der Waals surface area contributed by atoms with E-state index < -0.39 is 11.8 Å². The summed E-state index contributed by atoms with van der Waals surface area (Å²) in [5.41, 5.74) is 3.01. The summed E-state index contributed by atoms with van der Waals surface area (Å²) in [7, 11) is 0. The summed E-state index contributed by atoms with van der Waals surface area (Å²) in [6, 6.07) is 6.85. The fourth-order valence-electron chi connectivity index (χ4n) is 1.24. The molecule has 0 heterocycles. The number of ether oxygens (including phenoxy) is 1. The average molecular weight is 253 g/mol. The molecule has 0 spiro atoms. The Bertz CT molecular complexity index is 381. The Morgan fingerprint density at radius 2 is 1.89 bits per heavy atom. The number of phenols is 1. The fourth-order valence-corrected chi connectivity index (χ4v) is 1.24. The van der Waals surface area contributed by atoms with E-state index in [4.69, 9.17) is 14.7 Å². The van der Waals surface area contributed by atoms with Crippen molar-refractivity contribution in [2.45, 2.75) is 32.8 Å². The fraction of sp³-hybridized carbons (Fsp3) is 0.462. The Hall–Kier alpha value is -1.75. The van der Waals surface area contributed by atoms with Gasteiger partial charge in [0.15, 0.2) is 0 Å². The molecule has 0 saturated heterocycles. The van der Waals surface area contributed by atoms with Crippen molar-refractivity contribution in [1.82, 2.24) is 5.48 Å². The van der Waals surface area contributed by atoms with E-state index in [0.717, 1.165) is 5.56 Å². The van der Waals surface area contributed by atoms with E-state index >= 15 is 0 Å². The van der Waals surface area contributed by atoms with Gasteiger partial charge in [0.2, 0.25) is 0 Å². The van der Waals surface area contributed by atoms with Crippen LogP contribution in [-0.2, 0) is 16.0 Å². The number of carbonyl (C=O) groups is 1. The lowest BCUT2D eigenvalue weighted by Crippen LogP contribution is -2.29. The molecule has 0 bridgehead atoms. The summed E-state index contributed by atoms with van der Waals surface area (Å²) >= 11 is 0. The lowest BCUT2D eigenvalue weighted by Gasteiger charge is -2.18. The molecule has 0 radical (unpaired) electrons. The van der Waals surface area contributed by atoms with Crippen molar-refractivity contribution in [3.05, 3.63) is 29.8 Å². The Kier molecular flexibility index (Phi) is 4.97. The molecule has 2 N–H and O–H groups in total. The van der Waals surface area contributed by atoms with Crippen molar-refractivity contribution in [1.29, 1.82) is 0 Å². The lowest BCUT2D eigenvalue weighted by atomic mass is 10.1. The molecular weight excluding hydrogens is 234 g/mol. The monoisotopic (exact) mass is 253 g/mol. The molecule has 5 nitrogen and oxygen atoms in total. The minimum Gasteiger partial charge on any atom is -0.508 e. The largest absolute Gasteiger partial charge is 0.528 e. The number of rotatable bonds is 4. The second kappa shape index (κ2) is 6.26. The van der Waals surface area contributed by atoms with E-state index in [9.17, 15) is 4.79 Å². The molecular formula is C13H19NO4. The first kappa shape index (κ1) is 14.3. The maximum atomic E-state index is 11.2. The van der Waals surface area contributed by atoms with Gasteiger partial charge in [-0.05, 0) is 44.9 Å². The molecule has 1 rings (SSSR count). The predicted molar refractivity (Wildman–Crippen MR) is 67.1 cm³/mol. The Labute approximate surface area is 107 Å². The van der Waals surface area contributed by atoms with Crippen LogP contribution in [0.5, 0.6) is 5.75 Å². The van der Waals surface area contributed by atoms with Crippen LogP contribution in [-0.4, -0.2) is 23.4 Å². The topological polar surface area (TPSA) is 67.8 Å². The van der Waals surface area contributed by atoms with Crippen molar-refractivity contribution in [2.24, 2.45) is 0 Å². The number of aromatic hydroxyl groups is 1. The van der Waals surface area contributed by atoms with Crippen LogP contribution in [0, 0.1) is 0 Å². The summed E-state index contributed by atoms with van der Waals surface area (Å²) in [5, 5.41) is 9.11. The number of hydrogen-bond donors (Lipinski definition) is 2. The second-order valence-electron chi connectivity index (χ2n) is 4.88. The molecule has 0 aromatic heterocycles. The third-order valence-corrected chi connectivity index (χ3v) is 2.00. The SMILES string of the molecule is CC(C)(C)OC(=O)ONCCc1ccc(O)cc1. The van der Waals surface area contributed by atoms with Crippen LogP contribution < -0.4 is 5.48 Å². The van der Waals surface area contributed by atoms with Gasteiger partial charge < -0.3 is 14.7 Å². The van der Waals surface area contributed by atoms with Gasteiger partial charge in [-0.3, -0.25) is 0 Å². The van der Waals surface area contributed by atoms with E-state index in [1.54, 1.807) is 32.9 Å². The molecule has 0 amide bonds. The van der Waals surface area contributed by atoms with Gasteiger partial charge in [-0.1, -0.05) is 12.1 Å². The van der Waals surface area contributed by atoms with Crippen LogP contribution in [0.1, 0.15) is 26.3 Å². The minimum atomic E-state index is -0.742. The number of hydroxylamine groups is 1. The van der Waals surface area contributed by atoms with Crippen LogP contribution in [0.4, 0.5) is 4.79 Å². The minimum absolute atomic E-state index is 0.233. The Morgan fingerprint density at radius 1 is 1.28 bits per heavy atom. The summed E-state index contributed by atoms with van der Waals surface area (Å²) < 4.78 is 4.95. The van der Waals surface area contributed by atoms with Crippen molar-refractivity contribution >= 4 is 6.16 Å². The molecule has 5 heteroatoms. The van der Waals surface area contributed by atoms with Crippen LogP contribution in [0.15, 0.2) is 24.3 Å². The number of carbonyl (C=O) groups excluding carboxylic acids is 1. The first-order valence-corrected chi connectivity index (χ1v) is 5.77. The molecule has 1 aromatic carbocycles. The third-order valence-electron chi connectivity index (χ3n) is 2.00. The molecule has 18 heavy (non-hydrogen) atoms. The van der Waals surface area contributed by atoms with Crippen molar-refractivity contribution in [3.8, 4) is 5.75 Å². The summed E-state index contributed by atoms with van der Waals surface area (Å²) in [4.78, 5) is 15.9. The van der Waals surface area contributed by atoms with Gasteiger partial charge in [-0.25, -0.2) is 4.79 Å². The number of hydrogen-bond acceptors (Lipinski definition) is 5. The van der Waals surface area contributed by atoms with Crippen LogP contribution in [0.25, 0.3) is 0 Å². The van der Waals surface area contributed by atoms with E-state index in [1.165, 1.54) is 0 Å². The summed E-state index contributed by atoms with van der Waals surface area (Å²) in [6.07, 6.45) is -0.0588. The normalized spacial score (nSPS) is 11.1. The average Bonchev–Trinajstić information content (AvgIpc) is 2.24. The highest BCUT2D eigenvalue weighted by Crippen LogP contribution is 2.10. The number of benzene rings is 1. The van der Waals surface area contributed by atoms with Gasteiger partial charge in [-0.2, -0.15) is 0 Å². The van der Waals surface area contributed by atoms with Crippen LogP contribution in [0.2, 0.25) is 0 Å². The first-order valence-electron chi connectivity index (χ1n) is 5.77. The van der Waals surface area contributed by atoms with Gasteiger partial charge in [0.05, 0.1) is 0 Å². The Balaban J connectivity index is 2.19. The standard InChI is InChI=1S/C13H19NO4/c1-13(2,3)17-12(16)18-14-9-8-10-4-6-11(15)7-5-10/h4-7,14-15H,8-9H2,1-3H3. The van der Waals surface area contributed by atoms with Crippen LogP contribution >= 0.6 is 0 Å². The zero-order valence-electron chi connectivity index (χ0n) is 10.9. The zero-order valence-corrected chi connectivity index (χ0v) is 10.9. The molecule has 0 aliphatic rings. The van der Waals surface area contributed by atoms with E-state index in [-0.39, 0.29) is 5.75 Å². The van der Waals surface area contributed by atoms with Crippen LogP contribution in [0.3, 0.4) is 0 Å². The molecule has 0 unspecified atom stereocenters. The van der Waals surface area contributed by atoms with E-state index in [0.29, 0.717) is 13.0 Å². The van der Waals surface area contributed by atoms with Crippen molar-refractivity contribution in [3.63, 3.8) is 0 Å². The molecule has 0 aliphatic carbocycles. The highest BCUT2D eigenvalue weighted by molar-refractivity contribution is 5.60. The summed E-state index contributed by atoms with van der Waals surface area (Å²) in [5.74, 6) is 0.233. The Morgan fingerprint density at radius 3 is 2.44 bits per heavy atom. The quantitative estimate of drug-likeness (QED) is 0.490. The highest BCUT2D eigenvalue weighted by Gasteiger charge is 2.17. The highest BCUT2D eigenvalue weighted by atomic mass is 16.8. The summed E-state index contributed by atoms with van der Waals surface area (Å²) in [6.45, 7) is 5.78. The molecule has 100 valence electrons. The second-order valence-corrected chi connectivity index (χ2v) is 4.88. The maximum absolute atomic E-state index is 11.2. The molecule has 0 aliphatic heterocycles.